The molecule has 2 N–H and O–H groups in total. The van der Waals surface area contributed by atoms with Crippen molar-refractivity contribution in [3.05, 3.63) is 58.9 Å². The summed E-state index contributed by atoms with van der Waals surface area (Å²) in [4.78, 5) is 0. The van der Waals surface area contributed by atoms with E-state index in [0.29, 0.717) is 17.2 Å². The number of hydrogen-bond acceptors (Lipinski definition) is 2. The first kappa shape index (κ1) is 14.4. The first-order valence-corrected chi connectivity index (χ1v) is 6.75. The monoisotopic (exact) mass is 273 g/mol. The molecular weight excluding hydrogens is 253 g/mol. The Labute approximate surface area is 119 Å². The Morgan fingerprint density at radius 1 is 1.20 bits per heavy atom. The van der Waals surface area contributed by atoms with Crippen LogP contribution < -0.4 is 10.5 Å². The second-order valence-electron chi connectivity index (χ2n) is 5.28. The Balaban J connectivity index is 2.20. The van der Waals surface area contributed by atoms with Crippen LogP contribution in [0.2, 0.25) is 0 Å². The van der Waals surface area contributed by atoms with Gasteiger partial charge in [-0.25, -0.2) is 4.39 Å². The fourth-order valence-electron chi connectivity index (χ4n) is 2.01. The molecule has 0 fully saturated rings. The number of anilines is 1. The molecule has 2 aromatic rings. The summed E-state index contributed by atoms with van der Waals surface area (Å²) in [6, 6.07) is 10.8. The zero-order valence-corrected chi connectivity index (χ0v) is 12.1. The molecular formula is C17H20FNO. The van der Waals surface area contributed by atoms with Crippen molar-refractivity contribution < 1.29 is 9.13 Å². The smallest absolute Gasteiger partial charge is 0.131 e. The van der Waals surface area contributed by atoms with Crippen LogP contribution in [0.1, 0.15) is 36.5 Å². The molecule has 3 heteroatoms. The number of hydrogen-bond donors (Lipinski definition) is 1. The van der Waals surface area contributed by atoms with Crippen LogP contribution in [-0.2, 0) is 6.61 Å². The van der Waals surface area contributed by atoms with Crippen LogP contribution in [0.25, 0.3) is 0 Å². The highest BCUT2D eigenvalue weighted by molar-refractivity contribution is 5.47. The summed E-state index contributed by atoms with van der Waals surface area (Å²) < 4.78 is 19.5. The Kier molecular flexibility index (Phi) is 4.28. The van der Waals surface area contributed by atoms with Crippen molar-refractivity contribution in [2.24, 2.45) is 0 Å². The molecule has 0 saturated heterocycles. The molecule has 2 aromatic carbocycles. The lowest BCUT2D eigenvalue weighted by atomic mass is 10.0. The standard InChI is InChI=1S/C17H20FNO/c1-11(2)13-8-7-12(3)17(9-13)20-10-14-15(18)5-4-6-16(14)19/h4-9,11H,10,19H2,1-3H3. The first-order valence-electron chi connectivity index (χ1n) is 6.75. The van der Waals surface area contributed by atoms with Crippen LogP contribution in [0, 0.1) is 12.7 Å². The normalized spacial score (nSPS) is 10.8. The summed E-state index contributed by atoms with van der Waals surface area (Å²) in [7, 11) is 0. The highest BCUT2D eigenvalue weighted by atomic mass is 19.1. The van der Waals surface area contributed by atoms with Crippen molar-refractivity contribution in [3.63, 3.8) is 0 Å². The maximum Gasteiger partial charge on any atom is 0.131 e. The quantitative estimate of drug-likeness (QED) is 0.837. The van der Waals surface area contributed by atoms with Crippen LogP contribution in [0.15, 0.2) is 36.4 Å². The minimum Gasteiger partial charge on any atom is -0.488 e. The topological polar surface area (TPSA) is 35.2 Å². The van der Waals surface area contributed by atoms with Gasteiger partial charge < -0.3 is 10.5 Å². The summed E-state index contributed by atoms with van der Waals surface area (Å²) in [5.41, 5.74) is 8.84. The molecule has 0 heterocycles. The van der Waals surface area contributed by atoms with E-state index < -0.39 is 0 Å². The second kappa shape index (κ2) is 5.95. The Morgan fingerprint density at radius 3 is 2.60 bits per heavy atom. The fourth-order valence-corrected chi connectivity index (χ4v) is 2.01. The Morgan fingerprint density at radius 2 is 1.95 bits per heavy atom. The molecule has 0 radical (unpaired) electrons. The highest BCUT2D eigenvalue weighted by Gasteiger charge is 2.09. The average Bonchev–Trinajstić information content (AvgIpc) is 2.39. The van der Waals surface area contributed by atoms with Crippen molar-refractivity contribution >= 4 is 5.69 Å². The van der Waals surface area contributed by atoms with E-state index in [0.717, 1.165) is 11.3 Å². The molecule has 0 atom stereocenters. The Bertz CT molecular complexity index is 588. The lowest BCUT2D eigenvalue weighted by molar-refractivity contribution is 0.298. The van der Waals surface area contributed by atoms with E-state index in [9.17, 15) is 4.39 Å². The van der Waals surface area contributed by atoms with Gasteiger partial charge in [0.2, 0.25) is 0 Å². The zero-order chi connectivity index (χ0) is 14.7. The van der Waals surface area contributed by atoms with Gasteiger partial charge in [-0.05, 0) is 42.2 Å². The van der Waals surface area contributed by atoms with Crippen molar-refractivity contribution in [1.29, 1.82) is 0 Å². The number of nitrogens with two attached hydrogens (primary N) is 1. The lowest BCUT2D eigenvalue weighted by Crippen LogP contribution is -2.04. The predicted molar refractivity (Wildman–Crippen MR) is 80.4 cm³/mol. The number of aryl methyl sites for hydroxylation is 1. The summed E-state index contributed by atoms with van der Waals surface area (Å²) in [5, 5.41) is 0. The van der Waals surface area contributed by atoms with Crippen molar-refractivity contribution in [2.45, 2.75) is 33.3 Å². The molecule has 0 aromatic heterocycles. The molecule has 0 bridgehead atoms. The van der Waals surface area contributed by atoms with E-state index in [1.807, 2.05) is 19.1 Å². The molecule has 0 aliphatic heterocycles. The van der Waals surface area contributed by atoms with Gasteiger partial charge in [0.25, 0.3) is 0 Å². The highest BCUT2D eigenvalue weighted by Crippen LogP contribution is 2.26. The van der Waals surface area contributed by atoms with Crippen LogP contribution in [0.5, 0.6) is 5.75 Å². The summed E-state index contributed by atoms with van der Waals surface area (Å²) in [5.74, 6) is 0.873. The average molecular weight is 273 g/mol. The molecule has 0 saturated carbocycles. The van der Waals surface area contributed by atoms with Crippen LogP contribution in [-0.4, -0.2) is 0 Å². The van der Waals surface area contributed by atoms with Gasteiger partial charge in [-0.2, -0.15) is 0 Å². The third kappa shape index (κ3) is 3.10. The summed E-state index contributed by atoms with van der Waals surface area (Å²) in [6.45, 7) is 6.37. The predicted octanol–water partition coefficient (Wildman–Crippen LogP) is 4.42. The molecule has 0 aliphatic rings. The van der Waals surface area contributed by atoms with Gasteiger partial charge in [0.1, 0.15) is 18.2 Å². The maximum atomic E-state index is 13.7. The van der Waals surface area contributed by atoms with Gasteiger partial charge in [-0.15, -0.1) is 0 Å². The first-order chi connectivity index (χ1) is 9.49. The van der Waals surface area contributed by atoms with Crippen LogP contribution >= 0.6 is 0 Å². The van der Waals surface area contributed by atoms with Crippen LogP contribution in [0.4, 0.5) is 10.1 Å². The number of rotatable bonds is 4. The molecule has 106 valence electrons. The molecule has 20 heavy (non-hydrogen) atoms. The van der Waals surface area contributed by atoms with Gasteiger partial charge in [0.05, 0.1) is 0 Å². The summed E-state index contributed by atoms with van der Waals surface area (Å²) >= 11 is 0. The van der Waals surface area contributed by atoms with Gasteiger partial charge in [-0.3, -0.25) is 0 Å². The third-order valence-corrected chi connectivity index (χ3v) is 3.41. The maximum absolute atomic E-state index is 13.7. The number of nitrogen functional groups attached to an aromatic ring is 1. The summed E-state index contributed by atoms with van der Waals surface area (Å²) in [6.07, 6.45) is 0. The van der Waals surface area contributed by atoms with Crippen molar-refractivity contribution in [2.75, 3.05) is 5.73 Å². The van der Waals surface area contributed by atoms with E-state index >= 15 is 0 Å². The van der Waals surface area contributed by atoms with Gasteiger partial charge in [-0.1, -0.05) is 32.0 Å². The van der Waals surface area contributed by atoms with Gasteiger partial charge >= 0.3 is 0 Å². The van der Waals surface area contributed by atoms with E-state index in [1.54, 1.807) is 12.1 Å². The molecule has 2 rings (SSSR count). The van der Waals surface area contributed by atoms with Gasteiger partial charge in [0, 0.05) is 11.3 Å². The van der Waals surface area contributed by atoms with E-state index in [4.69, 9.17) is 10.5 Å². The third-order valence-electron chi connectivity index (χ3n) is 3.41. The fraction of sp³-hybridized carbons (Fsp3) is 0.294. The molecule has 0 amide bonds. The van der Waals surface area contributed by atoms with Crippen LogP contribution in [0.3, 0.4) is 0 Å². The molecule has 0 aliphatic carbocycles. The lowest BCUT2D eigenvalue weighted by Gasteiger charge is -2.14. The second-order valence-corrected chi connectivity index (χ2v) is 5.28. The Hall–Kier alpha value is -2.03. The minimum absolute atomic E-state index is 0.140. The number of halogens is 1. The van der Waals surface area contributed by atoms with E-state index in [1.165, 1.54) is 11.6 Å². The SMILES string of the molecule is Cc1ccc(C(C)C)cc1OCc1c(N)cccc1F. The zero-order valence-electron chi connectivity index (χ0n) is 12.1. The van der Waals surface area contributed by atoms with Crippen molar-refractivity contribution in [1.82, 2.24) is 0 Å². The molecule has 2 nitrogen and oxygen atoms in total. The number of ether oxygens (including phenoxy) is 1. The van der Waals surface area contributed by atoms with Gasteiger partial charge in [0.15, 0.2) is 0 Å². The van der Waals surface area contributed by atoms with E-state index in [2.05, 4.69) is 19.9 Å². The van der Waals surface area contributed by atoms with Crippen molar-refractivity contribution in [3.8, 4) is 5.75 Å². The molecule has 0 spiro atoms. The minimum atomic E-state index is -0.331. The van der Waals surface area contributed by atoms with E-state index in [-0.39, 0.29) is 12.4 Å². The molecule has 0 unspecified atom stereocenters. The number of benzene rings is 2. The largest absolute Gasteiger partial charge is 0.488 e.